The van der Waals surface area contributed by atoms with Crippen LogP contribution in [-0.2, 0) is 4.74 Å². The number of ether oxygens (including phenoxy) is 1. The maximum Gasteiger partial charge on any atom is 0.0545 e. The van der Waals surface area contributed by atoms with E-state index in [1.54, 1.807) is 0 Å². The first kappa shape index (κ1) is 12.9. The van der Waals surface area contributed by atoms with Crippen LogP contribution in [0.4, 0.5) is 0 Å². The molecule has 3 heteroatoms. The molecule has 2 nitrogen and oxygen atoms in total. The third kappa shape index (κ3) is 5.46. The van der Waals surface area contributed by atoms with Gasteiger partial charge in [0.15, 0.2) is 0 Å². The molecule has 0 radical (unpaired) electrons. The van der Waals surface area contributed by atoms with E-state index in [1.807, 2.05) is 11.8 Å². The van der Waals surface area contributed by atoms with Gasteiger partial charge in [-0.25, -0.2) is 0 Å². The first-order valence-electron chi connectivity index (χ1n) is 5.67. The summed E-state index contributed by atoms with van der Waals surface area (Å²) < 4.78 is 5.35. The summed E-state index contributed by atoms with van der Waals surface area (Å²) in [5, 5.41) is 3.57. The van der Waals surface area contributed by atoms with E-state index >= 15 is 0 Å². The van der Waals surface area contributed by atoms with Crippen molar-refractivity contribution in [3.8, 4) is 12.3 Å². The highest BCUT2D eigenvalue weighted by Gasteiger charge is 2.19. The number of hydrogen-bond acceptors (Lipinski definition) is 3. The van der Waals surface area contributed by atoms with Crippen molar-refractivity contribution >= 4 is 11.8 Å². The fraction of sp³-hybridized carbons (Fsp3) is 0.833. The van der Waals surface area contributed by atoms with E-state index in [0.29, 0.717) is 6.04 Å². The molecule has 0 aliphatic carbocycles. The SMILES string of the molecule is C#CCSCCNC(C)C1CCOCC1. The Morgan fingerprint density at radius 2 is 2.27 bits per heavy atom. The van der Waals surface area contributed by atoms with Crippen LogP contribution in [0.5, 0.6) is 0 Å². The Balaban J connectivity index is 2.02. The molecule has 0 bridgehead atoms. The largest absolute Gasteiger partial charge is 0.381 e. The molecule has 0 aromatic rings. The van der Waals surface area contributed by atoms with Crippen molar-refractivity contribution in [2.45, 2.75) is 25.8 Å². The van der Waals surface area contributed by atoms with Gasteiger partial charge in [0.1, 0.15) is 0 Å². The summed E-state index contributed by atoms with van der Waals surface area (Å²) in [6, 6.07) is 0.611. The third-order valence-electron chi connectivity index (χ3n) is 2.87. The number of rotatable bonds is 6. The Kier molecular flexibility index (Phi) is 6.91. The first-order valence-corrected chi connectivity index (χ1v) is 6.82. The molecule has 86 valence electrons. The third-order valence-corrected chi connectivity index (χ3v) is 3.73. The van der Waals surface area contributed by atoms with Gasteiger partial charge in [0.2, 0.25) is 0 Å². The molecule has 0 amide bonds. The molecule has 1 aliphatic rings. The van der Waals surface area contributed by atoms with E-state index < -0.39 is 0 Å². The zero-order chi connectivity index (χ0) is 10.9. The number of hydrogen-bond donors (Lipinski definition) is 1. The van der Waals surface area contributed by atoms with Gasteiger partial charge in [0.25, 0.3) is 0 Å². The van der Waals surface area contributed by atoms with Crippen LogP contribution < -0.4 is 5.32 Å². The second kappa shape index (κ2) is 8.04. The van der Waals surface area contributed by atoms with Gasteiger partial charge in [-0.3, -0.25) is 0 Å². The maximum atomic E-state index is 5.35. The molecule has 15 heavy (non-hydrogen) atoms. The standard InChI is InChI=1S/C12H21NOS/c1-3-9-15-10-6-13-11(2)12-4-7-14-8-5-12/h1,11-13H,4-10H2,2H3. The van der Waals surface area contributed by atoms with Gasteiger partial charge < -0.3 is 10.1 Å². The van der Waals surface area contributed by atoms with E-state index in [1.165, 1.54) is 12.8 Å². The predicted molar refractivity (Wildman–Crippen MR) is 67.2 cm³/mol. The molecular formula is C12H21NOS. The zero-order valence-electron chi connectivity index (χ0n) is 9.50. The normalized spacial score (nSPS) is 19.7. The highest BCUT2D eigenvalue weighted by atomic mass is 32.2. The fourth-order valence-electron chi connectivity index (χ4n) is 1.87. The van der Waals surface area contributed by atoms with Crippen LogP contribution in [0.15, 0.2) is 0 Å². The smallest absolute Gasteiger partial charge is 0.0545 e. The minimum absolute atomic E-state index is 0.611. The van der Waals surface area contributed by atoms with Crippen molar-refractivity contribution in [3.05, 3.63) is 0 Å². The maximum absolute atomic E-state index is 5.35. The van der Waals surface area contributed by atoms with E-state index in [9.17, 15) is 0 Å². The van der Waals surface area contributed by atoms with Crippen molar-refractivity contribution in [2.24, 2.45) is 5.92 Å². The Hall–Kier alpha value is -0.170. The van der Waals surface area contributed by atoms with Crippen LogP contribution in [0.25, 0.3) is 0 Å². The highest BCUT2D eigenvalue weighted by molar-refractivity contribution is 7.99. The lowest BCUT2D eigenvalue weighted by molar-refractivity contribution is 0.0563. The zero-order valence-corrected chi connectivity index (χ0v) is 10.3. The number of thioether (sulfide) groups is 1. The average molecular weight is 227 g/mol. The second-order valence-corrected chi connectivity index (χ2v) is 5.05. The van der Waals surface area contributed by atoms with Crippen molar-refractivity contribution in [2.75, 3.05) is 31.3 Å². The molecule has 1 rings (SSSR count). The highest BCUT2D eigenvalue weighted by Crippen LogP contribution is 2.18. The van der Waals surface area contributed by atoms with E-state index in [0.717, 1.165) is 37.2 Å². The van der Waals surface area contributed by atoms with E-state index in [2.05, 4.69) is 18.2 Å². The number of nitrogens with one attached hydrogen (secondary N) is 1. The molecule has 1 fully saturated rings. The molecule has 0 saturated carbocycles. The molecule has 0 aromatic heterocycles. The molecule has 0 spiro atoms. The quantitative estimate of drug-likeness (QED) is 0.552. The Morgan fingerprint density at radius 1 is 1.53 bits per heavy atom. The number of terminal acetylenes is 1. The van der Waals surface area contributed by atoms with Crippen LogP contribution in [0, 0.1) is 18.3 Å². The van der Waals surface area contributed by atoms with Crippen molar-refractivity contribution in [3.63, 3.8) is 0 Å². The summed E-state index contributed by atoms with van der Waals surface area (Å²) in [5.74, 6) is 5.36. The topological polar surface area (TPSA) is 21.3 Å². The predicted octanol–water partition coefficient (Wildman–Crippen LogP) is 1.76. The van der Waals surface area contributed by atoms with Gasteiger partial charge in [-0.2, -0.15) is 0 Å². The molecule has 0 aromatic carbocycles. The molecule has 1 aliphatic heterocycles. The molecule has 1 saturated heterocycles. The summed E-state index contributed by atoms with van der Waals surface area (Å²) in [7, 11) is 0. The Bertz CT molecular complexity index is 196. The molecular weight excluding hydrogens is 206 g/mol. The minimum atomic E-state index is 0.611. The lowest BCUT2D eigenvalue weighted by Crippen LogP contribution is -2.37. The van der Waals surface area contributed by atoms with Gasteiger partial charge in [-0.1, -0.05) is 5.92 Å². The van der Waals surface area contributed by atoms with Crippen LogP contribution in [-0.4, -0.2) is 37.3 Å². The summed E-state index contributed by atoms with van der Waals surface area (Å²) in [4.78, 5) is 0. The van der Waals surface area contributed by atoms with E-state index in [4.69, 9.17) is 11.2 Å². The summed E-state index contributed by atoms with van der Waals surface area (Å²) in [6.45, 7) is 5.21. The minimum Gasteiger partial charge on any atom is -0.381 e. The van der Waals surface area contributed by atoms with Crippen molar-refractivity contribution < 1.29 is 4.74 Å². The van der Waals surface area contributed by atoms with Crippen LogP contribution in [0.1, 0.15) is 19.8 Å². The van der Waals surface area contributed by atoms with Gasteiger partial charge in [-0.05, 0) is 25.7 Å². The monoisotopic (exact) mass is 227 g/mol. The van der Waals surface area contributed by atoms with E-state index in [-0.39, 0.29) is 0 Å². The molecule has 1 atom stereocenters. The Morgan fingerprint density at radius 3 is 2.93 bits per heavy atom. The lowest BCUT2D eigenvalue weighted by atomic mass is 9.93. The van der Waals surface area contributed by atoms with Gasteiger partial charge in [0.05, 0.1) is 5.75 Å². The van der Waals surface area contributed by atoms with Crippen LogP contribution >= 0.6 is 11.8 Å². The summed E-state index contributed by atoms with van der Waals surface area (Å²) >= 11 is 1.82. The van der Waals surface area contributed by atoms with Crippen molar-refractivity contribution in [1.82, 2.24) is 5.32 Å². The first-order chi connectivity index (χ1) is 7.34. The lowest BCUT2D eigenvalue weighted by Gasteiger charge is -2.28. The fourth-order valence-corrected chi connectivity index (χ4v) is 2.40. The van der Waals surface area contributed by atoms with Crippen LogP contribution in [0.2, 0.25) is 0 Å². The second-order valence-electron chi connectivity index (χ2n) is 3.95. The average Bonchev–Trinajstić information content (AvgIpc) is 2.30. The van der Waals surface area contributed by atoms with Crippen LogP contribution in [0.3, 0.4) is 0 Å². The van der Waals surface area contributed by atoms with Gasteiger partial charge >= 0.3 is 0 Å². The summed E-state index contributed by atoms with van der Waals surface area (Å²) in [6.07, 6.45) is 7.58. The van der Waals surface area contributed by atoms with Crippen molar-refractivity contribution in [1.29, 1.82) is 0 Å². The molecule has 1 heterocycles. The molecule has 1 unspecified atom stereocenters. The molecule has 1 N–H and O–H groups in total. The summed E-state index contributed by atoms with van der Waals surface area (Å²) in [5.41, 5.74) is 0. The van der Waals surface area contributed by atoms with Gasteiger partial charge in [-0.15, -0.1) is 18.2 Å². The van der Waals surface area contributed by atoms with Gasteiger partial charge in [0, 0.05) is 31.6 Å². The Labute approximate surface area is 97.5 Å².